The summed E-state index contributed by atoms with van der Waals surface area (Å²) in [6.45, 7) is 0.150. The number of amides is 2. The Morgan fingerprint density at radius 3 is 2.21 bits per heavy atom. The molecule has 4 aromatic rings. The van der Waals surface area contributed by atoms with Gasteiger partial charge in [-0.2, -0.15) is 5.10 Å². The molecule has 0 saturated heterocycles. The van der Waals surface area contributed by atoms with E-state index in [0.717, 1.165) is 5.56 Å². The molecule has 1 N–H and O–H groups in total. The van der Waals surface area contributed by atoms with Gasteiger partial charge in [-0.05, 0) is 36.4 Å². The summed E-state index contributed by atoms with van der Waals surface area (Å²) in [4.78, 5) is 28.0. The van der Waals surface area contributed by atoms with Gasteiger partial charge in [-0.15, -0.1) is 0 Å². The number of anilines is 1. The van der Waals surface area contributed by atoms with Crippen molar-refractivity contribution in [2.24, 2.45) is 0 Å². The number of carbonyl (C=O) groups excluding carboxylic acids is 2. The highest BCUT2D eigenvalue weighted by Crippen LogP contribution is 2.26. The Balaban J connectivity index is 1.61. The maximum Gasteiger partial charge on any atom is 0.254 e. The predicted molar refractivity (Wildman–Crippen MR) is 145 cm³/mol. The summed E-state index contributed by atoms with van der Waals surface area (Å²) in [5.41, 5.74) is 2.33. The standard InChI is InChI=1S/C29H29FN4O5/c1-37-14-13-33(29(36)21-15-24(38-2)17-25(16-21)39-3)19-28(35)31-27-18-26(20-7-5-4-6-8-20)32-34(27)23-11-9-22(30)10-12-23/h4-12,15-18H,13-14,19H2,1-3H3,(H,31,35). The van der Waals surface area contributed by atoms with Gasteiger partial charge in [0.1, 0.15) is 29.7 Å². The molecule has 0 saturated carbocycles. The highest BCUT2D eigenvalue weighted by molar-refractivity contribution is 6.00. The van der Waals surface area contributed by atoms with Crippen molar-refractivity contribution >= 4 is 17.6 Å². The van der Waals surface area contributed by atoms with Crippen LogP contribution in [0.3, 0.4) is 0 Å². The summed E-state index contributed by atoms with van der Waals surface area (Å²) in [6.07, 6.45) is 0. The molecule has 2 amide bonds. The highest BCUT2D eigenvalue weighted by Gasteiger charge is 2.22. The lowest BCUT2D eigenvalue weighted by molar-refractivity contribution is -0.117. The zero-order chi connectivity index (χ0) is 27.8. The highest BCUT2D eigenvalue weighted by atomic mass is 19.1. The summed E-state index contributed by atoms with van der Waals surface area (Å²) >= 11 is 0. The lowest BCUT2D eigenvalue weighted by atomic mass is 10.1. The summed E-state index contributed by atoms with van der Waals surface area (Å²) in [5.74, 6) is 0.0402. The van der Waals surface area contributed by atoms with E-state index in [1.165, 1.54) is 43.0 Å². The van der Waals surface area contributed by atoms with Gasteiger partial charge in [-0.1, -0.05) is 30.3 Å². The molecule has 0 aliphatic heterocycles. The first-order chi connectivity index (χ1) is 18.9. The minimum atomic E-state index is -0.447. The van der Waals surface area contributed by atoms with E-state index < -0.39 is 11.8 Å². The molecule has 1 heterocycles. The number of aromatic nitrogens is 2. The van der Waals surface area contributed by atoms with Crippen LogP contribution in [0.2, 0.25) is 0 Å². The van der Waals surface area contributed by atoms with Crippen molar-refractivity contribution < 1.29 is 28.2 Å². The van der Waals surface area contributed by atoms with Crippen molar-refractivity contribution in [1.82, 2.24) is 14.7 Å². The second-order valence-corrected chi connectivity index (χ2v) is 8.54. The summed E-state index contributed by atoms with van der Waals surface area (Å²) in [7, 11) is 4.50. The molecule has 0 fully saturated rings. The number of carbonyl (C=O) groups is 2. The monoisotopic (exact) mass is 532 g/mol. The molecule has 3 aromatic carbocycles. The number of methoxy groups -OCH3 is 3. The fourth-order valence-corrected chi connectivity index (χ4v) is 3.92. The Kier molecular flexibility index (Phi) is 8.90. The Morgan fingerprint density at radius 2 is 1.59 bits per heavy atom. The van der Waals surface area contributed by atoms with Crippen LogP contribution in [0.25, 0.3) is 16.9 Å². The summed E-state index contributed by atoms with van der Waals surface area (Å²) in [6, 6.07) is 21.8. The molecular formula is C29H29FN4O5. The van der Waals surface area contributed by atoms with E-state index in [2.05, 4.69) is 10.4 Å². The molecule has 0 atom stereocenters. The second kappa shape index (κ2) is 12.7. The van der Waals surface area contributed by atoms with E-state index in [4.69, 9.17) is 14.2 Å². The van der Waals surface area contributed by atoms with E-state index in [1.54, 1.807) is 36.4 Å². The number of halogens is 1. The number of benzene rings is 3. The second-order valence-electron chi connectivity index (χ2n) is 8.54. The van der Waals surface area contributed by atoms with Crippen LogP contribution in [0.15, 0.2) is 78.9 Å². The first-order valence-electron chi connectivity index (χ1n) is 12.1. The molecule has 0 bridgehead atoms. The van der Waals surface area contributed by atoms with Crippen molar-refractivity contribution in [3.8, 4) is 28.4 Å². The van der Waals surface area contributed by atoms with Crippen LogP contribution in [-0.2, 0) is 9.53 Å². The molecule has 0 unspecified atom stereocenters. The van der Waals surface area contributed by atoms with Gasteiger partial charge in [-0.25, -0.2) is 9.07 Å². The van der Waals surface area contributed by atoms with Gasteiger partial charge in [0.25, 0.3) is 5.91 Å². The first kappa shape index (κ1) is 27.3. The van der Waals surface area contributed by atoms with Gasteiger partial charge in [0, 0.05) is 36.9 Å². The normalized spacial score (nSPS) is 10.7. The van der Waals surface area contributed by atoms with E-state index in [-0.39, 0.29) is 25.5 Å². The van der Waals surface area contributed by atoms with Gasteiger partial charge in [0.2, 0.25) is 5.91 Å². The molecule has 39 heavy (non-hydrogen) atoms. The number of ether oxygens (including phenoxy) is 3. The van der Waals surface area contributed by atoms with Crippen molar-refractivity contribution in [3.05, 3.63) is 90.2 Å². The lowest BCUT2D eigenvalue weighted by Crippen LogP contribution is -2.40. The molecule has 0 spiro atoms. The van der Waals surface area contributed by atoms with Crippen LogP contribution in [0.4, 0.5) is 10.2 Å². The van der Waals surface area contributed by atoms with Crippen LogP contribution in [0.1, 0.15) is 10.4 Å². The number of hydrogen-bond donors (Lipinski definition) is 1. The Bertz CT molecular complexity index is 1400. The van der Waals surface area contributed by atoms with E-state index in [1.807, 2.05) is 30.3 Å². The average Bonchev–Trinajstić information content (AvgIpc) is 3.38. The maximum atomic E-state index is 13.6. The zero-order valence-corrected chi connectivity index (χ0v) is 21.9. The molecule has 10 heteroatoms. The van der Waals surface area contributed by atoms with Crippen LogP contribution >= 0.6 is 0 Å². The largest absolute Gasteiger partial charge is 0.497 e. The summed E-state index contributed by atoms with van der Waals surface area (Å²) in [5, 5.41) is 7.49. The molecule has 9 nitrogen and oxygen atoms in total. The van der Waals surface area contributed by atoms with Crippen LogP contribution in [0.5, 0.6) is 11.5 Å². The van der Waals surface area contributed by atoms with Crippen molar-refractivity contribution in [1.29, 1.82) is 0 Å². The minimum absolute atomic E-state index is 0.175. The fourth-order valence-electron chi connectivity index (χ4n) is 3.92. The maximum absolute atomic E-state index is 13.6. The van der Waals surface area contributed by atoms with Crippen LogP contribution in [-0.4, -0.2) is 67.5 Å². The average molecular weight is 533 g/mol. The molecule has 0 aliphatic carbocycles. The van der Waals surface area contributed by atoms with E-state index >= 15 is 0 Å². The van der Waals surface area contributed by atoms with Gasteiger partial charge in [0.05, 0.1) is 32.2 Å². The number of nitrogens with one attached hydrogen (secondary N) is 1. The van der Waals surface area contributed by atoms with Crippen LogP contribution < -0.4 is 14.8 Å². The third-order valence-corrected chi connectivity index (χ3v) is 5.90. The van der Waals surface area contributed by atoms with Crippen molar-refractivity contribution in [2.75, 3.05) is 46.3 Å². The molecule has 4 rings (SSSR count). The Morgan fingerprint density at radius 1 is 0.923 bits per heavy atom. The van der Waals surface area contributed by atoms with Gasteiger partial charge in [-0.3, -0.25) is 9.59 Å². The topological polar surface area (TPSA) is 94.9 Å². The van der Waals surface area contributed by atoms with Gasteiger partial charge >= 0.3 is 0 Å². The fraction of sp³-hybridized carbons (Fsp3) is 0.207. The molecule has 202 valence electrons. The zero-order valence-electron chi connectivity index (χ0n) is 21.9. The number of hydrogen-bond acceptors (Lipinski definition) is 6. The SMILES string of the molecule is COCCN(CC(=O)Nc1cc(-c2ccccc2)nn1-c1ccc(F)cc1)C(=O)c1cc(OC)cc(OC)c1. The van der Waals surface area contributed by atoms with Gasteiger partial charge < -0.3 is 24.4 Å². The van der Waals surface area contributed by atoms with Crippen LogP contribution in [0, 0.1) is 5.82 Å². The Hall–Kier alpha value is -4.70. The Labute approximate surface area is 225 Å². The molecule has 0 aliphatic rings. The van der Waals surface area contributed by atoms with Gasteiger partial charge in [0.15, 0.2) is 0 Å². The van der Waals surface area contributed by atoms with Crippen molar-refractivity contribution in [3.63, 3.8) is 0 Å². The number of rotatable bonds is 11. The van der Waals surface area contributed by atoms with Crippen molar-refractivity contribution in [2.45, 2.75) is 0 Å². The summed E-state index contributed by atoms with van der Waals surface area (Å²) < 4.78 is 30.8. The van der Waals surface area contributed by atoms with E-state index in [9.17, 15) is 14.0 Å². The smallest absolute Gasteiger partial charge is 0.254 e. The molecule has 0 radical (unpaired) electrons. The third-order valence-electron chi connectivity index (χ3n) is 5.90. The quantitative estimate of drug-likeness (QED) is 0.307. The molecular weight excluding hydrogens is 503 g/mol. The number of nitrogens with zero attached hydrogens (tertiary/aromatic N) is 3. The first-order valence-corrected chi connectivity index (χ1v) is 12.1. The third kappa shape index (κ3) is 6.79. The minimum Gasteiger partial charge on any atom is -0.497 e. The lowest BCUT2D eigenvalue weighted by Gasteiger charge is -2.22. The predicted octanol–water partition coefficient (Wildman–Crippen LogP) is 4.42. The van der Waals surface area contributed by atoms with E-state index in [0.29, 0.717) is 34.3 Å². The molecule has 1 aromatic heterocycles.